The van der Waals surface area contributed by atoms with Gasteiger partial charge in [0.05, 0.1) is 13.2 Å². The van der Waals surface area contributed by atoms with Crippen molar-refractivity contribution in [2.24, 2.45) is 5.73 Å². The summed E-state index contributed by atoms with van der Waals surface area (Å²) in [5, 5.41) is 7.91. The zero-order chi connectivity index (χ0) is 29.0. The van der Waals surface area contributed by atoms with Crippen molar-refractivity contribution in [3.05, 3.63) is 25.3 Å². The fraction of sp³-hybridized carbons (Fsp3) is 0.839. The quantitative estimate of drug-likeness (QED) is 0.210. The molecule has 0 aliphatic carbocycles. The van der Waals surface area contributed by atoms with Crippen LogP contribution in [0.3, 0.4) is 0 Å². The molecule has 3 N–H and O–H groups in total. The monoisotopic (exact) mass is 536 g/mol. The highest BCUT2D eigenvalue weighted by Crippen LogP contribution is 2.39. The van der Waals surface area contributed by atoms with Gasteiger partial charge in [-0.15, -0.1) is 13.2 Å². The van der Waals surface area contributed by atoms with E-state index in [1.165, 1.54) is 32.1 Å². The summed E-state index contributed by atoms with van der Waals surface area (Å²) < 4.78 is 0. The molecule has 2 heterocycles. The Kier molecular flexibility index (Phi) is 14.4. The zero-order valence-electron chi connectivity index (χ0n) is 26.0. The lowest BCUT2D eigenvalue weighted by Gasteiger charge is -2.54. The van der Waals surface area contributed by atoms with Gasteiger partial charge in [-0.05, 0) is 94.2 Å². The molecule has 0 aromatic rings. The van der Waals surface area contributed by atoms with Gasteiger partial charge in [0.15, 0.2) is 0 Å². The predicted molar refractivity (Wildman–Crippen MR) is 160 cm³/mol. The summed E-state index contributed by atoms with van der Waals surface area (Å²) >= 11 is 0. The van der Waals surface area contributed by atoms with Crippen LogP contribution in [0.4, 0.5) is 0 Å². The van der Waals surface area contributed by atoms with Crippen LogP contribution in [0.2, 0.25) is 0 Å². The van der Waals surface area contributed by atoms with E-state index >= 15 is 0 Å². The summed E-state index contributed by atoms with van der Waals surface area (Å²) in [7, 11) is 0. The predicted octanol–water partition coefficient (Wildman–Crippen LogP) is 5.95. The third-order valence-corrected chi connectivity index (χ3v) is 7.41. The zero-order valence-corrected chi connectivity index (χ0v) is 26.0. The fourth-order valence-corrected chi connectivity index (χ4v) is 6.46. The van der Waals surface area contributed by atoms with Crippen LogP contribution in [-0.4, -0.2) is 70.4 Å². The Balaban J connectivity index is 0.000000415. The molecule has 0 unspecified atom stereocenters. The van der Waals surface area contributed by atoms with Gasteiger partial charge in [0, 0.05) is 41.0 Å². The highest BCUT2D eigenvalue weighted by atomic mass is 16.7. The number of carbonyl (C=O) groups excluding carboxylic acids is 1. The van der Waals surface area contributed by atoms with E-state index in [4.69, 9.17) is 15.4 Å². The van der Waals surface area contributed by atoms with E-state index in [2.05, 4.69) is 51.2 Å². The van der Waals surface area contributed by atoms with E-state index in [0.717, 1.165) is 25.9 Å². The molecule has 2 rings (SSSR count). The molecular weight excluding hydrogens is 476 g/mol. The summed E-state index contributed by atoms with van der Waals surface area (Å²) in [6, 6.07) is 0.563. The van der Waals surface area contributed by atoms with Crippen LogP contribution in [-0.2, 0) is 14.5 Å². The second-order valence-electron chi connectivity index (χ2n) is 13.5. The Bertz CT molecular complexity index is 695. The van der Waals surface area contributed by atoms with Crippen molar-refractivity contribution in [2.45, 2.75) is 141 Å². The van der Waals surface area contributed by atoms with Gasteiger partial charge in [-0.25, -0.2) is 0 Å². The maximum absolute atomic E-state index is 11.6. The number of hydroxylamine groups is 4. The second kappa shape index (κ2) is 15.6. The first-order valence-corrected chi connectivity index (χ1v) is 14.7. The molecule has 2 aliphatic rings. The molecule has 2 saturated heterocycles. The number of nitrogens with zero attached hydrogens (tertiary/aromatic N) is 2. The van der Waals surface area contributed by atoms with E-state index in [1.807, 2.05) is 38.8 Å². The first-order valence-electron chi connectivity index (χ1n) is 14.7. The van der Waals surface area contributed by atoms with Crippen LogP contribution >= 0.6 is 0 Å². The van der Waals surface area contributed by atoms with E-state index in [9.17, 15) is 4.79 Å². The Hall–Kier alpha value is -1.09. The number of piperidine rings is 2. The Morgan fingerprint density at radius 1 is 0.789 bits per heavy atom. The number of hydrogen-bond donors (Lipinski definition) is 2. The smallest absolute Gasteiger partial charge is 0.136 e. The van der Waals surface area contributed by atoms with Crippen molar-refractivity contribution >= 4 is 5.78 Å². The maximum atomic E-state index is 11.6. The molecule has 0 aromatic carbocycles. The van der Waals surface area contributed by atoms with Gasteiger partial charge in [-0.2, -0.15) is 10.1 Å². The summed E-state index contributed by atoms with van der Waals surface area (Å²) in [5.74, 6) is 0.309. The second-order valence-corrected chi connectivity index (χ2v) is 13.5. The van der Waals surface area contributed by atoms with Gasteiger partial charge in [0.25, 0.3) is 0 Å². The van der Waals surface area contributed by atoms with Crippen LogP contribution in [0.15, 0.2) is 25.3 Å². The van der Waals surface area contributed by atoms with Gasteiger partial charge < -0.3 is 11.1 Å². The van der Waals surface area contributed by atoms with Crippen molar-refractivity contribution in [3.63, 3.8) is 0 Å². The molecule has 222 valence electrons. The van der Waals surface area contributed by atoms with Gasteiger partial charge in [-0.3, -0.25) is 14.5 Å². The molecule has 7 nitrogen and oxygen atoms in total. The molecule has 0 radical (unpaired) electrons. The molecule has 2 fully saturated rings. The molecule has 0 spiro atoms. The lowest BCUT2D eigenvalue weighted by Crippen LogP contribution is -2.63. The van der Waals surface area contributed by atoms with Crippen molar-refractivity contribution in [1.82, 2.24) is 15.4 Å². The number of nitrogens with two attached hydrogens (primary N) is 1. The summed E-state index contributed by atoms with van der Waals surface area (Å²) in [6.07, 6.45) is 13.2. The normalized spacial score (nSPS) is 22.9. The molecular formula is C31H60N4O3. The van der Waals surface area contributed by atoms with Crippen LogP contribution in [0.1, 0.15) is 113 Å². The van der Waals surface area contributed by atoms with Gasteiger partial charge in [-0.1, -0.05) is 31.4 Å². The minimum atomic E-state index is -0.234. The summed E-state index contributed by atoms with van der Waals surface area (Å²) in [4.78, 5) is 23.3. The van der Waals surface area contributed by atoms with Crippen molar-refractivity contribution in [2.75, 3.05) is 26.3 Å². The van der Waals surface area contributed by atoms with Gasteiger partial charge in [0.1, 0.15) is 5.78 Å². The third kappa shape index (κ3) is 11.2. The third-order valence-electron chi connectivity index (χ3n) is 7.41. The van der Waals surface area contributed by atoms with Crippen LogP contribution in [0.5, 0.6) is 0 Å². The van der Waals surface area contributed by atoms with Crippen LogP contribution in [0.25, 0.3) is 0 Å². The summed E-state index contributed by atoms with van der Waals surface area (Å²) in [6.45, 7) is 27.7. The molecule has 0 aromatic heterocycles. The largest absolute Gasteiger partial charge is 0.330 e. The standard InChI is InChI=1S/C19H39N3O.C12H21NO2/c1-6-14-23-22-18(2,3)15-17(16-19(22,4)5)21-13-11-9-7-8-10-12-20;1-6-7-15-13-11(2,3)8-10(14)9-12(13,4)5/h6,17,21H,1,7-16,20H2,2-5H3;6H,1,7-9H2,2-5H3. The number of nitrogens with one attached hydrogen (secondary N) is 1. The van der Waals surface area contributed by atoms with Crippen LogP contribution < -0.4 is 11.1 Å². The first kappa shape index (κ1) is 34.9. The number of rotatable bonds is 14. The topological polar surface area (TPSA) is 80.1 Å². The maximum Gasteiger partial charge on any atom is 0.136 e. The van der Waals surface area contributed by atoms with Gasteiger partial charge >= 0.3 is 0 Å². The first-order chi connectivity index (χ1) is 17.6. The van der Waals surface area contributed by atoms with E-state index < -0.39 is 0 Å². The van der Waals surface area contributed by atoms with E-state index in [0.29, 0.717) is 37.9 Å². The molecule has 0 saturated carbocycles. The van der Waals surface area contributed by atoms with Crippen molar-refractivity contribution in [1.29, 1.82) is 0 Å². The lowest BCUT2D eigenvalue weighted by molar-refractivity contribution is -0.277. The molecule has 0 bridgehead atoms. The number of carbonyl (C=O) groups is 1. The number of Topliss-reactive ketones (excluding diaryl/α,β-unsaturated/α-hetero) is 1. The minimum Gasteiger partial charge on any atom is -0.330 e. The Labute approximate surface area is 234 Å². The molecule has 0 atom stereocenters. The molecule has 38 heavy (non-hydrogen) atoms. The Morgan fingerprint density at radius 3 is 1.66 bits per heavy atom. The molecule has 7 heteroatoms. The van der Waals surface area contributed by atoms with E-state index in [-0.39, 0.29) is 22.2 Å². The SMILES string of the molecule is C=CCON1C(C)(C)CC(=O)CC1(C)C.C=CCON1C(C)(C)CC(NCCCCCCCN)CC1(C)C. The summed E-state index contributed by atoms with van der Waals surface area (Å²) in [5.41, 5.74) is 5.12. The molecule has 0 amide bonds. The average molecular weight is 537 g/mol. The highest BCUT2D eigenvalue weighted by molar-refractivity contribution is 5.81. The van der Waals surface area contributed by atoms with E-state index in [1.54, 1.807) is 6.08 Å². The highest BCUT2D eigenvalue weighted by Gasteiger charge is 2.47. The number of ketones is 1. The van der Waals surface area contributed by atoms with Crippen molar-refractivity contribution in [3.8, 4) is 0 Å². The molecule has 2 aliphatic heterocycles. The number of hydrogen-bond acceptors (Lipinski definition) is 7. The lowest BCUT2D eigenvalue weighted by atomic mass is 9.79. The fourth-order valence-electron chi connectivity index (χ4n) is 6.46. The number of unbranched alkanes of at least 4 members (excludes halogenated alkanes) is 4. The van der Waals surface area contributed by atoms with Crippen LogP contribution in [0, 0.1) is 0 Å². The minimum absolute atomic E-state index is 0.0313. The van der Waals surface area contributed by atoms with Gasteiger partial charge in [0.2, 0.25) is 0 Å². The van der Waals surface area contributed by atoms with Crippen molar-refractivity contribution < 1.29 is 14.5 Å². The average Bonchev–Trinajstić information content (AvgIpc) is 2.76. The Morgan fingerprint density at radius 2 is 1.21 bits per heavy atom.